The molecule has 0 rings (SSSR count). The first kappa shape index (κ1) is 17.6. The summed E-state index contributed by atoms with van der Waals surface area (Å²) in [7, 11) is -9.12. The minimum atomic E-state index is -4.01. The van der Waals surface area contributed by atoms with Crippen LogP contribution in [0.15, 0.2) is 0 Å². The summed E-state index contributed by atoms with van der Waals surface area (Å²) in [4.78, 5) is 0. The topological polar surface area (TPSA) is 96.0 Å². The summed E-state index contributed by atoms with van der Waals surface area (Å²) in [6.07, 6.45) is 0.168. The standard InChI is InChI=1S/C8H16O7S2Si/c1-18(2,3)15-17(11,12)14-8-6-4-5-7-13-16(9)10/h16H,5,7-8H2,1-3H3. The number of rotatable bonds is 7. The lowest BCUT2D eigenvalue weighted by Crippen LogP contribution is -2.30. The zero-order valence-electron chi connectivity index (χ0n) is 10.3. The van der Waals surface area contributed by atoms with Gasteiger partial charge in [-0.25, -0.2) is 12.6 Å². The first-order valence-electron chi connectivity index (χ1n) is 4.95. The largest absolute Gasteiger partial charge is 0.391 e. The molecule has 0 aromatic heterocycles. The van der Waals surface area contributed by atoms with Gasteiger partial charge in [-0.15, -0.1) is 0 Å². The van der Waals surface area contributed by atoms with E-state index in [-0.39, 0.29) is 19.6 Å². The van der Waals surface area contributed by atoms with Crippen LogP contribution in [-0.4, -0.2) is 38.4 Å². The normalized spacial score (nSPS) is 12.2. The molecule has 0 amide bonds. The van der Waals surface area contributed by atoms with Gasteiger partial charge in [0.1, 0.15) is 6.61 Å². The second-order valence-corrected chi connectivity index (χ2v) is 10.7. The SMILES string of the molecule is C[Si](C)(C)OS(=O)(=O)OCC#CCCO[SH](=O)=O. The van der Waals surface area contributed by atoms with Gasteiger partial charge in [-0.05, 0) is 19.6 Å². The fraction of sp³-hybridized carbons (Fsp3) is 0.750. The third-order valence-corrected chi connectivity index (χ3v) is 4.79. The molecule has 0 aliphatic carbocycles. The highest BCUT2D eigenvalue weighted by Gasteiger charge is 2.24. The molecular formula is C8H16O7S2Si. The molecular weight excluding hydrogens is 300 g/mol. The molecule has 0 N–H and O–H groups in total. The predicted molar refractivity (Wildman–Crippen MR) is 68.0 cm³/mol. The Labute approximate surface area is 110 Å². The van der Waals surface area contributed by atoms with Crippen LogP contribution in [0.5, 0.6) is 0 Å². The summed E-state index contributed by atoms with van der Waals surface area (Å²) in [6, 6.07) is 0. The van der Waals surface area contributed by atoms with Gasteiger partial charge in [0, 0.05) is 6.42 Å². The second kappa shape index (κ2) is 7.88. The summed E-state index contributed by atoms with van der Waals surface area (Å²) < 4.78 is 56.0. The maximum Gasteiger partial charge on any atom is 0.391 e. The molecule has 0 heterocycles. The minimum Gasteiger partial charge on any atom is -0.294 e. The summed E-state index contributed by atoms with van der Waals surface area (Å²) in [5, 5.41) is 0. The van der Waals surface area contributed by atoms with E-state index in [1.807, 2.05) is 0 Å². The van der Waals surface area contributed by atoms with Crippen LogP contribution in [0.1, 0.15) is 6.42 Å². The lowest BCUT2D eigenvalue weighted by atomic mass is 10.4. The van der Waals surface area contributed by atoms with Gasteiger partial charge in [-0.1, -0.05) is 11.8 Å². The van der Waals surface area contributed by atoms with Gasteiger partial charge >= 0.3 is 10.4 Å². The Morgan fingerprint density at radius 2 is 1.78 bits per heavy atom. The monoisotopic (exact) mass is 316 g/mol. The van der Waals surface area contributed by atoms with Crippen molar-refractivity contribution in [3.05, 3.63) is 0 Å². The molecule has 7 nitrogen and oxygen atoms in total. The molecule has 0 aromatic carbocycles. The zero-order chi connectivity index (χ0) is 14.2. The molecule has 0 aliphatic heterocycles. The Hall–Kier alpha value is -0.443. The van der Waals surface area contributed by atoms with Crippen LogP contribution in [0.2, 0.25) is 19.6 Å². The highest BCUT2D eigenvalue weighted by molar-refractivity contribution is 7.83. The molecule has 0 fully saturated rings. The zero-order valence-corrected chi connectivity index (χ0v) is 13.0. The van der Waals surface area contributed by atoms with Crippen LogP contribution in [0.3, 0.4) is 0 Å². The van der Waals surface area contributed by atoms with E-state index in [1.165, 1.54) is 0 Å². The van der Waals surface area contributed by atoms with Crippen molar-refractivity contribution in [1.82, 2.24) is 0 Å². The minimum absolute atomic E-state index is 0.0656. The van der Waals surface area contributed by atoms with Crippen molar-refractivity contribution in [1.29, 1.82) is 0 Å². The van der Waals surface area contributed by atoms with Crippen molar-refractivity contribution in [2.45, 2.75) is 26.1 Å². The molecule has 106 valence electrons. The summed E-state index contributed by atoms with van der Waals surface area (Å²) in [6.45, 7) is 4.73. The maximum absolute atomic E-state index is 11.2. The quantitative estimate of drug-likeness (QED) is 0.306. The number of hydrogen-bond acceptors (Lipinski definition) is 7. The molecule has 0 saturated carbocycles. The van der Waals surface area contributed by atoms with Gasteiger partial charge in [-0.2, -0.15) is 8.42 Å². The van der Waals surface area contributed by atoms with Gasteiger partial charge in [0.05, 0.1) is 6.61 Å². The molecule has 0 unspecified atom stereocenters. The van der Waals surface area contributed by atoms with Crippen molar-refractivity contribution < 1.29 is 29.1 Å². The van der Waals surface area contributed by atoms with Crippen LogP contribution in [0.4, 0.5) is 0 Å². The highest BCUT2D eigenvalue weighted by Crippen LogP contribution is 2.09. The van der Waals surface area contributed by atoms with Crippen molar-refractivity contribution in [2.75, 3.05) is 13.2 Å². The summed E-state index contributed by atoms with van der Waals surface area (Å²) in [5.41, 5.74) is 0. The molecule has 0 bridgehead atoms. The molecule has 0 spiro atoms. The van der Waals surface area contributed by atoms with Gasteiger partial charge in [0.15, 0.2) is 0 Å². The Balaban J connectivity index is 3.94. The van der Waals surface area contributed by atoms with Crippen LogP contribution < -0.4 is 0 Å². The Morgan fingerprint density at radius 1 is 1.17 bits per heavy atom. The van der Waals surface area contributed by atoms with E-state index in [0.29, 0.717) is 0 Å². The molecule has 18 heavy (non-hydrogen) atoms. The van der Waals surface area contributed by atoms with Crippen molar-refractivity contribution in [3.63, 3.8) is 0 Å². The summed E-state index contributed by atoms with van der Waals surface area (Å²) in [5.74, 6) is 4.91. The van der Waals surface area contributed by atoms with Crippen molar-refractivity contribution >= 4 is 29.7 Å². The van der Waals surface area contributed by atoms with E-state index < -0.39 is 29.7 Å². The first-order valence-corrected chi connectivity index (χ1v) is 10.8. The van der Waals surface area contributed by atoms with Crippen LogP contribution >= 0.6 is 0 Å². The first-order chi connectivity index (χ1) is 8.12. The van der Waals surface area contributed by atoms with Crippen LogP contribution in [0.25, 0.3) is 0 Å². The number of thiol groups is 1. The molecule has 0 aromatic rings. The second-order valence-electron chi connectivity index (χ2n) is 4.03. The summed E-state index contributed by atoms with van der Waals surface area (Å²) >= 11 is 0. The molecule has 0 atom stereocenters. The molecule has 0 radical (unpaired) electrons. The average Bonchev–Trinajstić information content (AvgIpc) is 2.11. The molecule has 0 saturated heterocycles. The number of hydrogen-bond donors (Lipinski definition) is 1. The van der Waals surface area contributed by atoms with Crippen molar-refractivity contribution in [2.24, 2.45) is 0 Å². The molecule has 10 heteroatoms. The van der Waals surface area contributed by atoms with Crippen LogP contribution in [-0.2, 0) is 33.6 Å². The van der Waals surface area contributed by atoms with E-state index in [1.54, 1.807) is 19.6 Å². The van der Waals surface area contributed by atoms with Gasteiger partial charge < -0.3 is 0 Å². The van der Waals surface area contributed by atoms with Gasteiger partial charge in [0.25, 0.3) is 11.0 Å². The smallest absolute Gasteiger partial charge is 0.294 e. The van der Waals surface area contributed by atoms with E-state index >= 15 is 0 Å². The average molecular weight is 316 g/mol. The lowest BCUT2D eigenvalue weighted by molar-refractivity contribution is 0.304. The predicted octanol–water partition coefficient (Wildman–Crippen LogP) is 0.0358. The highest BCUT2D eigenvalue weighted by atomic mass is 32.3. The maximum atomic E-state index is 11.2. The Kier molecular flexibility index (Phi) is 7.68. The third kappa shape index (κ3) is 12.0. The molecule has 0 aliphatic rings. The lowest BCUT2D eigenvalue weighted by Gasteiger charge is -2.15. The van der Waals surface area contributed by atoms with E-state index in [0.717, 1.165) is 0 Å². The fourth-order valence-electron chi connectivity index (χ4n) is 0.743. The van der Waals surface area contributed by atoms with E-state index in [9.17, 15) is 16.8 Å². The Bertz CT molecular complexity index is 470. The van der Waals surface area contributed by atoms with Crippen molar-refractivity contribution in [3.8, 4) is 11.8 Å². The van der Waals surface area contributed by atoms with Gasteiger partial charge in [0.2, 0.25) is 8.32 Å². The fourth-order valence-corrected chi connectivity index (χ4v) is 3.83. The van der Waals surface area contributed by atoms with Crippen LogP contribution in [0, 0.1) is 11.8 Å². The third-order valence-electron chi connectivity index (χ3n) is 1.18. The van der Waals surface area contributed by atoms with Gasteiger partial charge in [-0.3, -0.25) is 8.06 Å². The Morgan fingerprint density at radius 3 is 2.28 bits per heavy atom. The van der Waals surface area contributed by atoms with E-state index in [4.69, 9.17) is 3.87 Å². The van der Waals surface area contributed by atoms with E-state index in [2.05, 4.69) is 20.2 Å².